The number of aliphatic hydroxyl groups is 1. The molecule has 0 amide bonds. The highest BCUT2D eigenvalue weighted by Gasteiger charge is 2.30. The van der Waals surface area contributed by atoms with Gasteiger partial charge in [-0.3, -0.25) is 9.58 Å². The van der Waals surface area contributed by atoms with Crippen LogP contribution in [0.1, 0.15) is 11.8 Å². The van der Waals surface area contributed by atoms with E-state index in [1.54, 1.807) is 10.9 Å². The maximum atomic E-state index is 10.4. The van der Waals surface area contributed by atoms with Gasteiger partial charge in [-0.25, -0.2) is 0 Å². The van der Waals surface area contributed by atoms with E-state index >= 15 is 0 Å². The van der Waals surface area contributed by atoms with E-state index in [2.05, 4.69) is 29.0 Å². The van der Waals surface area contributed by atoms with Gasteiger partial charge in [0.25, 0.3) is 0 Å². The minimum absolute atomic E-state index is 0.147. The van der Waals surface area contributed by atoms with E-state index < -0.39 is 6.10 Å². The molecule has 1 aliphatic heterocycles. The van der Waals surface area contributed by atoms with Gasteiger partial charge in [0.15, 0.2) is 0 Å². The lowest BCUT2D eigenvalue weighted by Crippen LogP contribution is -2.52. The molecule has 5 heteroatoms. The fourth-order valence-electron chi connectivity index (χ4n) is 2.26. The van der Waals surface area contributed by atoms with Gasteiger partial charge in [0.2, 0.25) is 0 Å². The van der Waals surface area contributed by atoms with Gasteiger partial charge in [-0.2, -0.15) is 5.10 Å². The third kappa shape index (κ3) is 2.11. The monoisotopic (exact) mass is 224 g/mol. The molecule has 0 radical (unpaired) electrons. The molecule has 5 nitrogen and oxygen atoms in total. The standard InChI is InChI=1S/C11H20N4O/c1-13-6-7-14(2)10(8-13)11(16)9-4-5-12-15(9)3/h4-5,10-11,16H,6-8H2,1-3H3. The Morgan fingerprint density at radius 3 is 2.75 bits per heavy atom. The van der Waals surface area contributed by atoms with Gasteiger partial charge in [0, 0.05) is 32.9 Å². The summed E-state index contributed by atoms with van der Waals surface area (Å²) in [6, 6.07) is 2.03. The highest BCUT2D eigenvalue weighted by atomic mass is 16.3. The van der Waals surface area contributed by atoms with Crippen LogP contribution in [0.4, 0.5) is 0 Å². The predicted molar refractivity (Wildman–Crippen MR) is 62.1 cm³/mol. The summed E-state index contributed by atoms with van der Waals surface area (Å²) in [5.41, 5.74) is 0.882. The van der Waals surface area contributed by atoms with E-state index in [0.29, 0.717) is 0 Å². The van der Waals surface area contributed by atoms with E-state index in [9.17, 15) is 5.11 Å². The summed E-state index contributed by atoms with van der Waals surface area (Å²) in [7, 11) is 6.03. The normalized spacial score (nSPS) is 25.9. The van der Waals surface area contributed by atoms with Crippen LogP contribution in [-0.2, 0) is 7.05 Å². The maximum Gasteiger partial charge on any atom is 0.112 e. The van der Waals surface area contributed by atoms with Gasteiger partial charge in [0.1, 0.15) is 6.10 Å². The minimum Gasteiger partial charge on any atom is -0.385 e. The van der Waals surface area contributed by atoms with Crippen LogP contribution >= 0.6 is 0 Å². The number of aromatic nitrogens is 2. The van der Waals surface area contributed by atoms with Crippen molar-refractivity contribution in [1.29, 1.82) is 0 Å². The molecule has 0 saturated carbocycles. The van der Waals surface area contributed by atoms with Crippen molar-refractivity contribution >= 4 is 0 Å². The van der Waals surface area contributed by atoms with Crippen molar-refractivity contribution in [1.82, 2.24) is 19.6 Å². The molecular weight excluding hydrogens is 204 g/mol. The van der Waals surface area contributed by atoms with Crippen LogP contribution in [-0.4, -0.2) is 64.5 Å². The third-order valence-corrected chi connectivity index (χ3v) is 3.43. The highest BCUT2D eigenvalue weighted by Crippen LogP contribution is 2.22. The van der Waals surface area contributed by atoms with E-state index in [-0.39, 0.29) is 6.04 Å². The summed E-state index contributed by atoms with van der Waals surface area (Å²) >= 11 is 0. The topological polar surface area (TPSA) is 44.5 Å². The molecule has 1 saturated heterocycles. The summed E-state index contributed by atoms with van der Waals surface area (Å²) in [6.07, 6.45) is 1.26. The number of piperazine rings is 1. The second-order valence-electron chi connectivity index (χ2n) is 4.63. The van der Waals surface area contributed by atoms with Crippen LogP contribution in [0.15, 0.2) is 12.3 Å². The predicted octanol–water partition coefficient (Wildman–Crippen LogP) is -0.301. The summed E-state index contributed by atoms with van der Waals surface area (Å²) < 4.78 is 1.74. The van der Waals surface area contributed by atoms with Gasteiger partial charge in [-0.15, -0.1) is 0 Å². The molecule has 90 valence electrons. The summed E-state index contributed by atoms with van der Waals surface area (Å²) in [5.74, 6) is 0. The Morgan fingerprint density at radius 1 is 1.38 bits per heavy atom. The number of likely N-dealkylation sites (N-methyl/N-ethyl adjacent to an activating group) is 2. The molecule has 1 fully saturated rings. The van der Waals surface area contributed by atoms with Crippen molar-refractivity contribution < 1.29 is 5.11 Å². The SMILES string of the molecule is CN1CCN(C)C(C(O)c2ccnn2C)C1. The quantitative estimate of drug-likeness (QED) is 0.749. The van der Waals surface area contributed by atoms with Crippen LogP contribution in [0.25, 0.3) is 0 Å². The first-order valence-electron chi connectivity index (χ1n) is 5.64. The molecular formula is C11H20N4O. The fraction of sp³-hybridized carbons (Fsp3) is 0.727. The van der Waals surface area contributed by atoms with Crippen LogP contribution in [0.5, 0.6) is 0 Å². The largest absolute Gasteiger partial charge is 0.385 e. The zero-order valence-corrected chi connectivity index (χ0v) is 10.2. The van der Waals surface area contributed by atoms with Crippen LogP contribution in [0, 0.1) is 0 Å². The van der Waals surface area contributed by atoms with E-state index in [1.807, 2.05) is 13.1 Å². The molecule has 0 bridgehead atoms. The van der Waals surface area contributed by atoms with Crippen molar-refractivity contribution in [3.8, 4) is 0 Å². The van der Waals surface area contributed by atoms with Crippen LogP contribution in [0.3, 0.4) is 0 Å². The van der Waals surface area contributed by atoms with Crippen molar-refractivity contribution in [2.24, 2.45) is 7.05 Å². The van der Waals surface area contributed by atoms with Gasteiger partial charge in [-0.1, -0.05) is 0 Å². The Morgan fingerprint density at radius 2 is 2.12 bits per heavy atom. The van der Waals surface area contributed by atoms with E-state index in [0.717, 1.165) is 25.3 Å². The second-order valence-corrected chi connectivity index (χ2v) is 4.63. The lowest BCUT2D eigenvalue weighted by atomic mass is 10.0. The number of rotatable bonds is 2. The smallest absolute Gasteiger partial charge is 0.112 e. The van der Waals surface area contributed by atoms with Crippen LogP contribution < -0.4 is 0 Å². The van der Waals surface area contributed by atoms with E-state index in [4.69, 9.17) is 0 Å². The Balaban J connectivity index is 2.14. The molecule has 1 aliphatic rings. The first-order chi connectivity index (χ1) is 7.59. The Bertz CT molecular complexity index is 352. The van der Waals surface area contributed by atoms with Crippen molar-refractivity contribution in [2.75, 3.05) is 33.7 Å². The first-order valence-corrected chi connectivity index (χ1v) is 5.64. The lowest BCUT2D eigenvalue weighted by molar-refractivity contribution is 0.00997. The van der Waals surface area contributed by atoms with Gasteiger partial charge in [-0.05, 0) is 20.2 Å². The second kappa shape index (κ2) is 4.53. The molecule has 0 spiro atoms. The molecule has 2 heterocycles. The number of hydrogen-bond donors (Lipinski definition) is 1. The summed E-state index contributed by atoms with van der Waals surface area (Å²) in [4.78, 5) is 4.47. The zero-order chi connectivity index (χ0) is 11.7. The molecule has 0 aromatic carbocycles. The highest BCUT2D eigenvalue weighted by molar-refractivity contribution is 5.08. The first kappa shape index (κ1) is 11.6. The van der Waals surface area contributed by atoms with Crippen molar-refractivity contribution in [3.05, 3.63) is 18.0 Å². The van der Waals surface area contributed by atoms with Gasteiger partial charge in [0.05, 0.1) is 11.7 Å². The molecule has 2 rings (SSSR count). The van der Waals surface area contributed by atoms with Gasteiger partial charge >= 0.3 is 0 Å². The minimum atomic E-state index is -0.472. The van der Waals surface area contributed by atoms with Gasteiger partial charge < -0.3 is 10.0 Å². The molecule has 1 aromatic heterocycles. The lowest BCUT2D eigenvalue weighted by Gasteiger charge is -2.40. The van der Waals surface area contributed by atoms with Crippen molar-refractivity contribution in [2.45, 2.75) is 12.1 Å². The summed E-state index contributed by atoms with van der Waals surface area (Å²) in [6.45, 7) is 2.95. The third-order valence-electron chi connectivity index (χ3n) is 3.43. The van der Waals surface area contributed by atoms with E-state index in [1.165, 1.54) is 0 Å². The molecule has 0 aliphatic carbocycles. The Labute approximate surface area is 96.3 Å². The van der Waals surface area contributed by atoms with Crippen molar-refractivity contribution in [3.63, 3.8) is 0 Å². The molecule has 1 aromatic rings. The number of hydrogen-bond acceptors (Lipinski definition) is 4. The Hall–Kier alpha value is -0.910. The summed E-state index contributed by atoms with van der Waals surface area (Å²) in [5, 5.41) is 14.5. The average molecular weight is 224 g/mol. The average Bonchev–Trinajstić information content (AvgIpc) is 2.67. The number of nitrogens with zero attached hydrogens (tertiary/aromatic N) is 4. The molecule has 2 atom stereocenters. The van der Waals surface area contributed by atoms with Crippen LogP contribution in [0.2, 0.25) is 0 Å². The number of aliphatic hydroxyl groups excluding tert-OH is 1. The zero-order valence-electron chi connectivity index (χ0n) is 10.2. The molecule has 1 N–H and O–H groups in total. The molecule has 16 heavy (non-hydrogen) atoms. The Kier molecular flexibility index (Phi) is 3.28. The maximum absolute atomic E-state index is 10.4. The fourth-order valence-corrected chi connectivity index (χ4v) is 2.26. The molecule has 2 unspecified atom stereocenters. The number of aryl methyl sites for hydroxylation is 1.